The summed E-state index contributed by atoms with van der Waals surface area (Å²) >= 11 is 0. The number of nitrogens with one attached hydrogen (secondary N) is 1. The van der Waals surface area contributed by atoms with Crippen LogP contribution in [0.15, 0.2) is 36.0 Å². The van der Waals surface area contributed by atoms with Crippen LogP contribution in [0.2, 0.25) is 0 Å². The van der Waals surface area contributed by atoms with Gasteiger partial charge in [-0.1, -0.05) is 42.9 Å². The zero-order valence-corrected chi connectivity index (χ0v) is 9.00. The Kier molecular flexibility index (Phi) is 3.28. The quantitative estimate of drug-likeness (QED) is 0.713. The average Bonchev–Trinajstić information content (AvgIpc) is 2.29. The normalized spacial score (nSPS) is 25.5. The first-order chi connectivity index (χ1) is 6.56. The highest BCUT2D eigenvalue weighted by Gasteiger charge is 2.19. The number of carbonyl (C=O) groups is 1. The second kappa shape index (κ2) is 4.27. The maximum Gasteiger partial charge on any atom is 0.220 e. The number of allylic oxidation sites excluding steroid dienone is 4. The molecule has 1 unspecified atom stereocenters. The van der Waals surface area contributed by atoms with Gasteiger partial charge in [-0.25, -0.2) is 0 Å². The van der Waals surface area contributed by atoms with Gasteiger partial charge >= 0.3 is 0 Å². The fourth-order valence-electron chi connectivity index (χ4n) is 1.29. The predicted molar refractivity (Wildman–Crippen MR) is 58.9 cm³/mol. The van der Waals surface area contributed by atoms with Crippen molar-refractivity contribution in [3.05, 3.63) is 36.0 Å². The minimum absolute atomic E-state index is 0.0707. The van der Waals surface area contributed by atoms with Crippen LogP contribution in [0, 0.1) is 0 Å². The van der Waals surface area contributed by atoms with Crippen molar-refractivity contribution in [3.63, 3.8) is 0 Å². The molecule has 0 saturated heterocycles. The van der Waals surface area contributed by atoms with Crippen LogP contribution in [-0.2, 0) is 4.79 Å². The van der Waals surface area contributed by atoms with Crippen molar-refractivity contribution < 1.29 is 4.79 Å². The molecule has 0 bridgehead atoms. The van der Waals surface area contributed by atoms with Gasteiger partial charge in [0, 0.05) is 6.42 Å². The zero-order chi connectivity index (χ0) is 10.6. The molecule has 76 valence electrons. The summed E-state index contributed by atoms with van der Waals surface area (Å²) < 4.78 is 0. The Morgan fingerprint density at radius 1 is 1.50 bits per heavy atom. The summed E-state index contributed by atoms with van der Waals surface area (Å²) in [6.07, 6.45) is 10.5. The standard InChI is InChI=1S/C12H17NO/c1-4-11(14)13-12(3)8-5-6-10(2)7-9-12/h5-9H,4H2,1-3H3,(H,13,14). The molecule has 1 aliphatic rings. The molecular weight excluding hydrogens is 174 g/mol. The van der Waals surface area contributed by atoms with Crippen LogP contribution >= 0.6 is 0 Å². The number of amides is 1. The van der Waals surface area contributed by atoms with Crippen LogP contribution in [0.4, 0.5) is 0 Å². The monoisotopic (exact) mass is 191 g/mol. The van der Waals surface area contributed by atoms with Crippen molar-refractivity contribution in [1.82, 2.24) is 5.32 Å². The van der Waals surface area contributed by atoms with E-state index in [4.69, 9.17) is 0 Å². The molecule has 2 heteroatoms. The second-order valence-corrected chi connectivity index (χ2v) is 3.79. The summed E-state index contributed by atoms with van der Waals surface area (Å²) in [5, 5.41) is 2.96. The fraction of sp³-hybridized carbons (Fsp3) is 0.417. The van der Waals surface area contributed by atoms with E-state index in [9.17, 15) is 4.79 Å². The molecule has 14 heavy (non-hydrogen) atoms. The highest BCUT2D eigenvalue weighted by atomic mass is 16.1. The number of rotatable bonds is 2. The molecule has 1 N–H and O–H groups in total. The lowest BCUT2D eigenvalue weighted by atomic mass is 10.0. The van der Waals surface area contributed by atoms with Crippen molar-refractivity contribution in [2.75, 3.05) is 0 Å². The molecule has 0 fully saturated rings. The minimum Gasteiger partial charge on any atom is -0.344 e. The van der Waals surface area contributed by atoms with E-state index in [1.165, 1.54) is 5.57 Å². The topological polar surface area (TPSA) is 29.1 Å². The number of hydrogen-bond donors (Lipinski definition) is 1. The third-order valence-electron chi connectivity index (χ3n) is 2.22. The molecule has 0 aromatic rings. The van der Waals surface area contributed by atoms with Gasteiger partial charge in [0.05, 0.1) is 5.54 Å². The van der Waals surface area contributed by atoms with Crippen LogP contribution in [0.3, 0.4) is 0 Å². The molecule has 1 aliphatic carbocycles. The van der Waals surface area contributed by atoms with Crippen LogP contribution in [0.5, 0.6) is 0 Å². The van der Waals surface area contributed by atoms with Gasteiger partial charge in [0.2, 0.25) is 5.91 Å². The lowest BCUT2D eigenvalue weighted by Gasteiger charge is -2.23. The van der Waals surface area contributed by atoms with E-state index in [1.54, 1.807) is 0 Å². The van der Waals surface area contributed by atoms with Gasteiger partial charge in [-0.3, -0.25) is 4.79 Å². The first-order valence-electron chi connectivity index (χ1n) is 4.92. The maximum absolute atomic E-state index is 11.3. The van der Waals surface area contributed by atoms with E-state index in [2.05, 4.69) is 5.32 Å². The Labute approximate surface area is 85.4 Å². The van der Waals surface area contributed by atoms with Gasteiger partial charge in [0.1, 0.15) is 0 Å². The first kappa shape index (κ1) is 10.8. The lowest BCUT2D eigenvalue weighted by Crippen LogP contribution is -2.42. The van der Waals surface area contributed by atoms with E-state index in [0.717, 1.165) is 0 Å². The minimum atomic E-state index is -0.346. The molecule has 1 rings (SSSR count). The number of carbonyl (C=O) groups excluding carboxylic acids is 1. The third kappa shape index (κ3) is 2.87. The second-order valence-electron chi connectivity index (χ2n) is 3.79. The Morgan fingerprint density at radius 2 is 2.21 bits per heavy atom. The molecule has 2 nitrogen and oxygen atoms in total. The lowest BCUT2D eigenvalue weighted by molar-refractivity contribution is -0.121. The molecule has 0 aliphatic heterocycles. The summed E-state index contributed by atoms with van der Waals surface area (Å²) in [4.78, 5) is 11.3. The van der Waals surface area contributed by atoms with Gasteiger partial charge in [0.15, 0.2) is 0 Å². The maximum atomic E-state index is 11.3. The first-order valence-corrected chi connectivity index (χ1v) is 4.92. The van der Waals surface area contributed by atoms with Crippen molar-refractivity contribution in [2.24, 2.45) is 0 Å². The Bertz CT molecular complexity index is 312. The zero-order valence-electron chi connectivity index (χ0n) is 9.00. The summed E-state index contributed by atoms with van der Waals surface area (Å²) in [5.74, 6) is 0.0707. The molecule has 0 aromatic heterocycles. The highest BCUT2D eigenvalue weighted by molar-refractivity contribution is 5.77. The molecule has 1 atom stereocenters. The average molecular weight is 191 g/mol. The molecule has 0 spiro atoms. The Balaban J connectivity index is 2.77. The van der Waals surface area contributed by atoms with Gasteiger partial charge in [-0.2, -0.15) is 0 Å². The third-order valence-corrected chi connectivity index (χ3v) is 2.22. The number of hydrogen-bond acceptors (Lipinski definition) is 1. The van der Waals surface area contributed by atoms with E-state index < -0.39 is 0 Å². The van der Waals surface area contributed by atoms with Gasteiger partial charge in [-0.15, -0.1) is 0 Å². The molecule has 1 amide bonds. The van der Waals surface area contributed by atoms with Crippen molar-refractivity contribution in [3.8, 4) is 0 Å². The van der Waals surface area contributed by atoms with Crippen LogP contribution in [-0.4, -0.2) is 11.4 Å². The smallest absolute Gasteiger partial charge is 0.220 e. The van der Waals surface area contributed by atoms with Crippen LogP contribution < -0.4 is 5.32 Å². The highest BCUT2D eigenvalue weighted by Crippen LogP contribution is 2.14. The predicted octanol–water partition coefficient (Wildman–Crippen LogP) is 2.34. The SMILES string of the molecule is CCC(=O)NC1(C)C=CC=C(C)C=C1. The van der Waals surface area contributed by atoms with Crippen molar-refractivity contribution in [1.29, 1.82) is 0 Å². The molecular formula is C12H17NO. The van der Waals surface area contributed by atoms with Gasteiger partial charge in [-0.05, 0) is 13.8 Å². The largest absolute Gasteiger partial charge is 0.344 e. The summed E-state index contributed by atoms with van der Waals surface area (Å²) in [6.45, 7) is 5.88. The van der Waals surface area contributed by atoms with Crippen LogP contribution in [0.25, 0.3) is 0 Å². The molecule has 0 heterocycles. The summed E-state index contributed by atoms with van der Waals surface area (Å²) in [7, 11) is 0. The van der Waals surface area contributed by atoms with E-state index >= 15 is 0 Å². The molecule has 0 radical (unpaired) electrons. The Hall–Kier alpha value is -1.31. The van der Waals surface area contributed by atoms with E-state index in [-0.39, 0.29) is 11.4 Å². The van der Waals surface area contributed by atoms with Crippen molar-refractivity contribution in [2.45, 2.75) is 32.7 Å². The van der Waals surface area contributed by atoms with E-state index in [1.807, 2.05) is 51.2 Å². The molecule has 0 saturated carbocycles. The van der Waals surface area contributed by atoms with E-state index in [0.29, 0.717) is 6.42 Å². The summed E-state index contributed by atoms with van der Waals surface area (Å²) in [5.41, 5.74) is 0.845. The van der Waals surface area contributed by atoms with Crippen LogP contribution in [0.1, 0.15) is 27.2 Å². The van der Waals surface area contributed by atoms with Gasteiger partial charge < -0.3 is 5.32 Å². The molecule has 0 aromatic carbocycles. The summed E-state index contributed by atoms with van der Waals surface area (Å²) in [6, 6.07) is 0. The Morgan fingerprint density at radius 3 is 2.86 bits per heavy atom. The fourth-order valence-corrected chi connectivity index (χ4v) is 1.29. The van der Waals surface area contributed by atoms with Crippen molar-refractivity contribution >= 4 is 5.91 Å². The van der Waals surface area contributed by atoms with Gasteiger partial charge in [0.25, 0.3) is 0 Å².